The van der Waals surface area contributed by atoms with Gasteiger partial charge in [-0.1, -0.05) is 0 Å². The minimum Gasteiger partial charge on any atom is -0.480 e. The van der Waals surface area contributed by atoms with Gasteiger partial charge in [-0.05, 0) is 26.2 Å². The molecule has 8 N–H and O–H groups in total. The molecule has 0 bridgehead atoms. The number of primary amides is 1. The van der Waals surface area contributed by atoms with Gasteiger partial charge in [-0.2, -0.15) is 0 Å². The molecule has 28 heavy (non-hydrogen) atoms. The molecule has 1 heterocycles. The summed E-state index contributed by atoms with van der Waals surface area (Å²) >= 11 is 0. The van der Waals surface area contributed by atoms with Crippen molar-refractivity contribution < 1.29 is 34.2 Å². The molecule has 1 aliphatic rings. The van der Waals surface area contributed by atoms with Gasteiger partial charge in [0.05, 0.1) is 6.61 Å². The zero-order valence-corrected chi connectivity index (χ0v) is 15.6. The van der Waals surface area contributed by atoms with Crippen molar-refractivity contribution in [3.63, 3.8) is 0 Å². The molecule has 1 fully saturated rings. The lowest BCUT2D eigenvalue weighted by molar-refractivity contribution is -0.149. The van der Waals surface area contributed by atoms with E-state index in [0.717, 1.165) is 4.90 Å². The van der Waals surface area contributed by atoms with E-state index in [1.54, 1.807) is 0 Å². The highest BCUT2D eigenvalue weighted by Crippen LogP contribution is 2.19. The number of carbonyl (C=O) groups excluding carboxylic acids is 4. The average molecular weight is 401 g/mol. The minimum atomic E-state index is -1.21. The van der Waals surface area contributed by atoms with Gasteiger partial charge in [-0.3, -0.25) is 19.2 Å². The van der Waals surface area contributed by atoms with Crippen molar-refractivity contribution >= 4 is 29.6 Å². The highest BCUT2D eigenvalue weighted by Gasteiger charge is 2.38. The van der Waals surface area contributed by atoms with Crippen LogP contribution in [0.4, 0.5) is 0 Å². The summed E-state index contributed by atoms with van der Waals surface area (Å²) in [6.07, 6.45) is 0.492. The molecule has 0 aromatic heterocycles. The third kappa shape index (κ3) is 6.46. The lowest BCUT2D eigenvalue weighted by Gasteiger charge is -2.28. The van der Waals surface area contributed by atoms with Crippen molar-refractivity contribution in [3.8, 4) is 0 Å². The molecule has 12 heteroatoms. The van der Waals surface area contributed by atoms with Gasteiger partial charge in [-0.25, -0.2) is 4.79 Å². The first-order chi connectivity index (χ1) is 13.1. The first-order valence-corrected chi connectivity index (χ1v) is 8.87. The number of carboxylic acids is 1. The summed E-state index contributed by atoms with van der Waals surface area (Å²) in [5, 5.41) is 22.8. The highest BCUT2D eigenvalue weighted by molar-refractivity contribution is 5.94. The number of nitrogens with one attached hydrogen (secondary N) is 2. The third-order valence-electron chi connectivity index (χ3n) is 4.40. The smallest absolute Gasteiger partial charge is 0.326 e. The van der Waals surface area contributed by atoms with Crippen LogP contribution in [0.15, 0.2) is 0 Å². The largest absolute Gasteiger partial charge is 0.480 e. The van der Waals surface area contributed by atoms with Crippen LogP contribution in [0.5, 0.6) is 0 Å². The van der Waals surface area contributed by atoms with Crippen LogP contribution < -0.4 is 22.1 Å². The van der Waals surface area contributed by atoms with Crippen LogP contribution in [0.25, 0.3) is 0 Å². The molecule has 4 amide bonds. The van der Waals surface area contributed by atoms with Gasteiger partial charge in [0.2, 0.25) is 23.6 Å². The van der Waals surface area contributed by atoms with Gasteiger partial charge in [0, 0.05) is 13.0 Å². The number of carboxylic acid groups (broad SMARTS) is 1. The number of rotatable bonds is 10. The SMILES string of the molecule is CC(NC(=O)C(N)CO)C(=O)NC(CCC(N)=O)C(=O)N1CCCC1C(=O)O. The Kier molecular flexibility index (Phi) is 8.79. The van der Waals surface area contributed by atoms with E-state index < -0.39 is 60.4 Å². The topological polar surface area (TPSA) is 205 Å². The maximum atomic E-state index is 12.8. The Morgan fingerprint density at radius 3 is 2.36 bits per heavy atom. The fourth-order valence-corrected chi connectivity index (χ4v) is 2.80. The van der Waals surface area contributed by atoms with Crippen molar-refractivity contribution in [3.05, 3.63) is 0 Å². The summed E-state index contributed by atoms with van der Waals surface area (Å²) in [4.78, 5) is 60.3. The van der Waals surface area contributed by atoms with Crippen LogP contribution in [0.1, 0.15) is 32.6 Å². The molecule has 4 atom stereocenters. The van der Waals surface area contributed by atoms with Gasteiger partial charge in [0.25, 0.3) is 0 Å². The highest BCUT2D eigenvalue weighted by atomic mass is 16.4. The molecule has 0 saturated carbocycles. The van der Waals surface area contributed by atoms with Gasteiger partial charge in [0.1, 0.15) is 24.2 Å². The number of aliphatic hydroxyl groups excluding tert-OH is 1. The quantitative estimate of drug-likeness (QED) is 0.217. The molecule has 0 spiro atoms. The Hall–Kier alpha value is -2.73. The van der Waals surface area contributed by atoms with Crippen molar-refractivity contribution in [1.29, 1.82) is 0 Å². The Bertz CT molecular complexity index is 627. The summed E-state index contributed by atoms with van der Waals surface area (Å²) in [6, 6.07) is -4.46. The second kappa shape index (κ2) is 10.6. The van der Waals surface area contributed by atoms with E-state index in [1.165, 1.54) is 6.92 Å². The molecule has 0 aliphatic carbocycles. The van der Waals surface area contributed by atoms with Gasteiger partial charge in [-0.15, -0.1) is 0 Å². The number of nitrogens with zero attached hydrogens (tertiary/aromatic N) is 1. The lowest BCUT2D eigenvalue weighted by atomic mass is 10.1. The second-order valence-electron chi connectivity index (χ2n) is 6.61. The first kappa shape index (κ1) is 23.3. The van der Waals surface area contributed by atoms with Crippen LogP contribution >= 0.6 is 0 Å². The molecule has 1 rings (SSSR count). The fourth-order valence-electron chi connectivity index (χ4n) is 2.80. The molecule has 12 nitrogen and oxygen atoms in total. The number of likely N-dealkylation sites (tertiary alicyclic amines) is 1. The predicted octanol–water partition coefficient (Wildman–Crippen LogP) is -3.36. The van der Waals surface area contributed by atoms with Crippen molar-refractivity contribution in [1.82, 2.24) is 15.5 Å². The van der Waals surface area contributed by atoms with Crippen LogP contribution in [-0.2, 0) is 24.0 Å². The van der Waals surface area contributed by atoms with Gasteiger partial charge >= 0.3 is 5.97 Å². The summed E-state index contributed by atoms with van der Waals surface area (Å²) in [5.41, 5.74) is 10.5. The standard InChI is InChI=1S/C16H27N5O7/c1-8(19-14(25)9(17)7-22)13(24)20-10(4-5-12(18)23)15(26)21-6-2-3-11(21)16(27)28/h8-11,22H,2-7,17H2,1H3,(H2,18,23)(H,19,25)(H,20,24)(H,27,28). The van der Waals surface area contributed by atoms with Crippen molar-refractivity contribution in [2.45, 2.75) is 56.8 Å². The zero-order chi connectivity index (χ0) is 21.4. The Morgan fingerprint density at radius 2 is 1.82 bits per heavy atom. The molecule has 1 aliphatic heterocycles. The van der Waals surface area contributed by atoms with Crippen LogP contribution in [0.2, 0.25) is 0 Å². The molecule has 0 aromatic rings. The molecule has 1 saturated heterocycles. The maximum Gasteiger partial charge on any atom is 0.326 e. The summed E-state index contributed by atoms with van der Waals surface area (Å²) in [6.45, 7) is 0.963. The second-order valence-corrected chi connectivity index (χ2v) is 6.61. The number of hydrogen-bond donors (Lipinski definition) is 6. The number of aliphatic hydroxyl groups is 1. The van der Waals surface area contributed by atoms with E-state index in [9.17, 15) is 29.1 Å². The lowest BCUT2D eigenvalue weighted by Crippen LogP contribution is -2.56. The van der Waals surface area contributed by atoms with Gasteiger partial charge in [0.15, 0.2) is 0 Å². The molecular weight excluding hydrogens is 374 g/mol. The number of aliphatic carboxylic acids is 1. The van der Waals surface area contributed by atoms with E-state index in [0.29, 0.717) is 12.8 Å². The average Bonchev–Trinajstić information content (AvgIpc) is 3.13. The first-order valence-electron chi connectivity index (χ1n) is 8.87. The summed E-state index contributed by atoms with van der Waals surface area (Å²) in [5.74, 6) is -3.95. The van der Waals surface area contributed by atoms with E-state index in [2.05, 4.69) is 10.6 Å². The number of nitrogens with two attached hydrogens (primary N) is 2. The number of amides is 4. The minimum absolute atomic E-state index is 0.112. The van der Waals surface area contributed by atoms with Crippen LogP contribution in [0.3, 0.4) is 0 Å². The van der Waals surface area contributed by atoms with E-state index in [4.69, 9.17) is 16.6 Å². The van der Waals surface area contributed by atoms with Crippen molar-refractivity contribution in [2.75, 3.05) is 13.2 Å². The third-order valence-corrected chi connectivity index (χ3v) is 4.40. The molecular formula is C16H27N5O7. The Balaban J connectivity index is 2.84. The summed E-state index contributed by atoms with van der Waals surface area (Å²) < 4.78 is 0. The molecule has 4 unspecified atom stereocenters. The number of carbonyl (C=O) groups is 5. The van der Waals surface area contributed by atoms with Crippen LogP contribution in [0, 0.1) is 0 Å². The van der Waals surface area contributed by atoms with Crippen LogP contribution in [-0.4, -0.2) is 82.0 Å². The molecule has 0 aromatic carbocycles. The maximum absolute atomic E-state index is 12.8. The predicted molar refractivity (Wildman–Crippen MR) is 95.4 cm³/mol. The summed E-state index contributed by atoms with van der Waals surface area (Å²) in [7, 11) is 0. The Morgan fingerprint density at radius 1 is 1.18 bits per heavy atom. The van der Waals surface area contributed by atoms with Gasteiger partial charge < -0.3 is 37.2 Å². The molecule has 158 valence electrons. The van der Waals surface area contributed by atoms with E-state index in [-0.39, 0.29) is 19.4 Å². The normalized spacial score (nSPS) is 19.4. The van der Waals surface area contributed by atoms with Crippen molar-refractivity contribution in [2.24, 2.45) is 11.5 Å². The number of hydrogen-bond acceptors (Lipinski definition) is 7. The zero-order valence-electron chi connectivity index (χ0n) is 15.6. The van der Waals surface area contributed by atoms with E-state index in [1.807, 2.05) is 0 Å². The Labute approximate surface area is 161 Å². The van der Waals surface area contributed by atoms with E-state index >= 15 is 0 Å². The monoisotopic (exact) mass is 401 g/mol. The molecule has 0 radical (unpaired) electrons. The fraction of sp³-hybridized carbons (Fsp3) is 0.688.